The van der Waals surface area contributed by atoms with E-state index in [2.05, 4.69) is 23.4 Å². The van der Waals surface area contributed by atoms with E-state index in [1.165, 1.54) is 5.69 Å². The van der Waals surface area contributed by atoms with Crippen LogP contribution in [0.1, 0.15) is 31.2 Å². The zero-order valence-electron chi connectivity index (χ0n) is 10.5. The fraction of sp³-hybridized carbons (Fsp3) is 0.750. The molecule has 0 aliphatic carbocycles. The van der Waals surface area contributed by atoms with Crippen LogP contribution in [-0.2, 0) is 6.54 Å². The molecule has 1 unspecified atom stereocenters. The number of hydrogen-bond donors (Lipinski definition) is 2. The van der Waals surface area contributed by atoms with Crippen molar-refractivity contribution in [3.63, 3.8) is 0 Å². The molecule has 0 saturated carbocycles. The lowest BCUT2D eigenvalue weighted by molar-refractivity contribution is 0.184. The predicted molar refractivity (Wildman–Crippen MR) is 65.5 cm³/mol. The maximum absolute atomic E-state index is 9.07. The van der Waals surface area contributed by atoms with Crippen molar-refractivity contribution in [3.05, 3.63) is 17.5 Å². The molecule has 0 radical (unpaired) electrons. The van der Waals surface area contributed by atoms with E-state index in [0.29, 0.717) is 0 Å². The predicted octanol–water partition coefficient (Wildman–Crippen LogP) is 1.25. The summed E-state index contributed by atoms with van der Waals surface area (Å²) >= 11 is 0. The van der Waals surface area contributed by atoms with E-state index in [9.17, 15) is 0 Å². The van der Waals surface area contributed by atoms with E-state index in [-0.39, 0.29) is 6.10 Å². The molecule has 0 spiro atoms. The van der Waals surface area contributed by atoms with E-state index in [1.54, 1.807) is 0 Å². The summed E-state index contributed by atoms with van der Waals surface area (Å²) in [6, 6.07) is 2.10. The van der Waals surface area contributed by atoms with Gasteiger partial charge in [-0.05, 0) is 52.8 Å². The standard InChI is InChI=1S/C12H23N3O/c1-10-9-11(2)15(14-10)8-4-6-13-7-5-12(3)16/h9,12-13,16H,4-8H2,1-3H3. The van der Waals surface area contributed by atoms with Gasteiger partial charge in [0, 0.05) is 12.2 Å². The van der Waals surface area contributed by atoms with Crippen LogP contribution in [0.3, 0.4) is 0 Å². The minimum Gasteiger partial charge on any atom is -0.393 e. The van der Waals surface area contributed by atoms with Crippen molar-refractivity contribution in [3.8, 4) is 0 Å². The Labute approximate surface area is 97.7 Å². The van der Waals surface area contributed by atoms with Gasteiger partial charge >= 0.3 is 0 Å². The van der Waals surface area contributed by atoms with Crippen LogP contribution in [0.2, 0.25) is 0 Å². The molecule has 0 bridgehead atoms. The van der Waals surface area contributed by atoms with Gasteiger partial charge in [0.05, 0.1) is 11.8 Å². The molecule has 92 valence electrons. The van der Waals surface area contributed by atoms with Crippen LogP contribution in [0.15, 0.2) is 6.07 Å². The first-order valence-electron chi connectivity index (χ1n) is 5.99. The minimum absolute atomic E-state index is 0.205. The minimum atomic E-state index is -0.205. The smallest absolute Gasteiger partial charge is 0.0596 e. The monoisotopic (exact) mass is 225 g/mol. The third-order valence-electron chi connectivity index (χ3n) is 2.57. The Balaban J connectivity index is 2.09. The molecule has 4 heteroatoms. The summed E-state index contributed by atoms with van der Waals surface area (Å²) in [7, 11) is 0. The number of hydrogen-bond acceptors (Lipinski definition) is 3. The molecule has 4 nitrogen and oxygen atoms in total. The summed E-state index contributed by atoms with van der Waals surface area (Å²) in [6.45, 7) is 8.74. The van der Waals surface area contributed by atoms with Gasteiger partial charge < -0.3 is 10.4 Å². The highest BCUT2D eigenvalue weighted by Gasteiger charge is 2.00. The summed E-state index contributed by atoms with van der Waals surface area (Å²) in [4.78, 5) is 0. The van der Waals surface area contributed by atoms with E-state index in [0.717, 1.165) is 38.2 Å². The normalized spacial score (nSPS) is 13.0. The number of aliphatic hydroxyl groups is 1. The Morgan fingerprint density at radius 1 is 1.44 bits per heavy atom. The molecular weight excluding hydrogens is 202 g/mol. The van der Waals surface area contributed by atoms with Crippen LogP contribution in [0, 0.1) is 13.8 Å². The number of rotatable bonds is 7. The molecule has 0 aromatic carbocycles. The van der Waals surface area contributed by atoms with Gasteiger partial charge in [0.25, 0.3) is 0 Å². The molecule has 1 heterocycles. The molecule has 0 aliphatic rings. The molecule has 16 heavy (non-hydrogen) atoms. The molecule has 0 amide bonds. The first kappa shape index (κ1) is 13.2. The van der Waals surface area contributed by atoms with Crippen molar-refractivity contribution in [2.24, 2.45) is 0 Å². The third-order valence-corrected chi connectivity index (χ3v) is 2.57. The topological polar surface area (TPSA) is 50.1 Å². The van der Waals surface area contributed by atoms with Gasteiger partial charge in [-0.2, -0.15) is 5.10 Å². The van der Waals surface area contributed by atoms with E-state index in [1.807, 2.05) is 18.5 Å². The highest BCUT2D eigenvalue weighted by atomic mass is 16.3. The number of aryl methyl sites for hydroxylation is 3. The molecule has 1 aromatic heterocycles. The van der Waals surface area contributed by atoms with Crippen molar-refractivity contribution in [2.45, 2.75) is 46.3 Å². The lowest BCUT2D eigenvalue weighted by Gasteiger charge is -2.07. The van der Waals surface area contributed by atoms with Gasteiger partial charge in [0.2, 0.25) is 0 Å². The van der Waals surface area contributed by atoms with Gasteiger partial charge in [0.1, 0.15) is 0 Å². The summed E-state index contributed by atoms with van der Waals surface area (Å²) in [5.74, 6) is 0. The number of aliphatic hydroxyl groups excluding tert-OH is 1. The van der Waals surface area contributed by atoms with Gasteiger partial charge in [-0.3, -0.25) is 4.68 Å². The second-order valence-corrected chi connectivity index (χ2v) is 4.39. The summed E-state index contributed by atoms with van der Waals surface area (Å²) in [5, 5.41) is 16.8. The Morgan fingerprint density at radius 2 is 2.19 bits per heavy atom. The number of aromatic nitrogens is 2. The first-order chi connectivity index (χ1) is 7.59. The van der Waals surface area contributed by atoms with Crippen molar-refractivity contribution in [2.75, 3.05) is 13.1 Å². The van der Waals surface area contributed by atoms with Crippen LogP contribution >= 0.6 is 0 Å². The zero-order chi connectivity index (χ0) is 12.0. The van der Waals surface area contributed by atoms with Gasteiger partial charge in [-0.15, -0.1) is 0 Å². The fourth-order valence-electron chi connectivity index (χ4n) is 1.69. The van der Waals surface area contributed by atoms with Crippen LogP contribution in [0.5, 0.6) is 0 Å². The highest BCUT2D eigenvalue weighted by Crippen LogP contribution is 2.02. The van der Waals surface area contributed by atoms with Crippen LogP contribution < -0.4 is 5.32 Å². The van der Waals surface area contributed by atoms with Crippen LogP contribution in [-0.4, -0.2) is 34.1 Å². The highest BCUT2D eigenvalue weighted by molar-refractivity contribution is 5.06. The second-order valence-electron chi connectivity index (χ2n) is 4.39. The molecule has 1 atom stereocenters. The second kappa shape index (κ2) is 6.66. The first-order valence-corrected chi connectivity index (χ1v) is 5.99. The summed E-state index contributed by atoms with van der Waals surface area (Å²) in [5.41, 5.74) is 2.31. The quantitative estimate of drug-likeness (QED) is 0.687. The van der Waals surface area contributed by atoms with Crippen molar-refractivity contribution in [1.29, 1.82) is 0 Å². The van der Waals surface area contributed by atoms with Crippen molar-refractivity contribution >= 4 is 0 Å². The van der Waals surface area contributed by atoms with Crippen LogP contribution in [0.25, 0.3) is 0 Å². The average molecular weight is 225 g/mol. The lowest BCUT2D eigenvalue weighted by atomic mass is 10.3. The average Bonchev–Trinajstić information content (AvgIpc) is 2.50. The zero-order valence-corrected chi connectivity index (χ0v) is 10.5. The largest absolute Gasteiger partial charge is 0.393 e. The maximum Gasteiger partial charge on any atom is 0.0596 e. The van der Waals surface area contributed by atoms with Crippen LogP contribution in [0.4, 0.5) is 0 Å². The third kappa shape index (κ3) is 4.77. The van der Waals surface area contributed by atoms with Crippen molar-refractivity contribution < 1.29 is 5.11 Å². The molecular formula is C12H23N3O. The van der Waals surface area contributed by atoms with E-state index in [4.69, 9.17) is 5.11 Å². The van der Waals surface area contributed by atoms with Gasteiger partial charge in [-0.25, -0.2) is 0 Å². The Kier molecular flexibility index (Phi) is 5.49. The van der Waals surface area contributed by atoms with Crippen molar-refractivity contribution in [1.82, 2.24) is 15.1 Å². The molecule has 1 aromatic rings. The molecule has 2 N–H and O–H groups in total. The maximum atomic E-state index is 9.07. The Hall–Kier alpha value is -0.870. The number of nitrogens with one attached hydrogen (secondary N) is 1. The molecule has 0 fully saturated rings. The molecule has 0 saturated heterocycles. The Morgan fingerprint density at radius 3 is 2.75 bits per heavy atom. The fourth-order valence-corrected chi connectivity index (χ4v) is 1.69. The number of nitrogens with zero attached hydrogens (tertiary/aromatic N) is 2. The molecule has 0 aliphatic heterocycles. The lowest BCUT2D eigenvalue weighted by Crippen LogP contribution is -2.21. The van der Waals surface area contributed by atoms with Gasteiger partial charge in [0.15, 0.2) is 0 Å². The van der Waals surface area contributed by atoms with E-state index >= 15 is 0 Å². The van der Waals surface area contributed by atoms with E-state index < -0.39 is 0 Å². The summed E-state index contributed by atoms with van der Waals surface area (Å²) in [6.07, 6.45) is 1.69. The summed E-state index contributed by atoms with van der Waals surface area (Å²) < 4.78 is 2.05. The Bertz CT molecular complexity index is 307. The van der Waals surface area contributed by atoms with Gasteiger partial charge in [-0.1, -0.05) is 0 Å². The molecule has 1 rings (SSSR count). The SMILES string of the molecule is Cc1cc(C)n(CCCNCCC(C)O)n1.